The number of nitrogen functional groups attached to an aromatic ring is 1. The van der Waals surface area contributed by atoms with Crippen molar-refractivity contribution in [2.45, 2.75) is 25.8 Å². The molecule has 0 amide bonds. The van der Waals surface area contributed by atoms with Crippen LogP contribution in [0.1, 0.15) is 34.5 Å². The second-order valence-electron chi connectivity index (χ2n) is 5.79. The molecule has 2 N–H and O–H groups in total. The number of hydrogen-bond donors (Lipinski definition) is 1. The van der Waals surface area contributed by atoms with Crippen molar-refractivity contribution in [2.75, 3.05) is 5.73 Å². The van der Waals surface area contributed by atoms with Crippen LogP contribution in [0.15, 0.2) is 30.5 Å². The molecule has 2 aromatic heterocycles. The van der Waals surface area contributed by atoms with Gasteiger partial charge in [-0.15, -0.1) is 0 Å². The SMILES string of the molecule is Nc1c2c(nc3c1cnn3Cc1ccc(F)cc1)CCCC2=O. The van der Waals surface area contributed by atoms with Crippen LogP contribution in [0.4, 0.5) is 10.1 Å². The van der Waals surface area contributed by atoms with E-state index < -0.39 is 0 Å². The first-order valence-corrected chi connectivity index (χ1v) is 7.55. The summed E-state index contributed by atoms with van der Waals surface area (Å²) in [6, 6.07) is 6.27. The smallest absolute Gasteiger partial charge is 0.166 e. The standard InChI is InChI=1S/C17H15FN4O/c18-11-6-4-10(5-7-11)9-22-17-12(8-20-22)16(19)15-13(21-17)2-1-3-14(15)23/h4-8H,1-3,9H2,(H2,19,21). The third-order valence-electron chi connectivity index (χ3n) is 4.24. The van der Waals surface area contributed by atoms with Crippen molar-refractivity contribution >= 4 is 22.5 Å². The molecule has 1 aliphatic carbocycles. The van der Waals surface area contributed by atoms with E-state index in [-0.39, 0.29) is 11.6 Å². The molecule has 1 aromatic carbocycles. The molecule has 0 saturated heterocycles. The van der Waals surface area contributed by atoms with Gasteiger partial charge in [-0.25, -0.2) is 14.1 Å². The average molecular weight is 310 g/mol. The number of aromatic nitrogens is 3. The number of carbonyl (C=O) groups is 1. The third-order valence-corrected chi connectivity index (χ3v) is 4.24. The normalized spacial score (nSPS) is 14.2. The monoisotopic (exact) mass is 310 g/mol. The Bertz CT molecular complexity index is 914. The molecular formula is C17H15FN4O. The molecule has 0 radical (unpaired) electrons. The van der Waals surface area contributed by atoms with Gasteiger partial charge in [0.1, 0.15) is 5.82 Å². The van der Waals surface area contributed by atoms with E-state index in [9.17, 15) is 9.18 Å². The zero-order chi connectivity index (χ0) is 16.0. The number of pyridine rings is 1. The summed E-state index contributed by atoms with van der Waals surface area (Å²) in [5, 5.41) is 5.03. The zero-order valence-electron chi connectivity index (χ0n) is 12.4. The number of hydrogen-bond acceptors (Lipinski definition) is 4. The Balaban J connectivity index is 1.82. The van der Waals surface area contributed by atoms with Crippen LogP contribution in [0.2, 0.25) is 0 Å². The number of rotatable bonds is 2. The zero-order valence-corrected chi connectivity index (χ0v) is 12.4. The molecule has 0 bridgehead atoms. The number of benzene rings is 1. The van der Waals surface area contributed by atoms with Crippen LogP contribution < -0.4 is 5.73 Å². The van der Waals surface area contributed by atoms with E-state index in [1.807, 2.05) is 0 Å². The highest BCUT2D eigenvalue weighted by atomic mass is 19.1. The number of halogens is 1. The maximum atomic E-state index is 13.0. The fourth-order valence-corrected chi connectivity index (χ4v) is 3.07. The molecule has 5 nitrogen and oxygen atoms in total. The Morgan fingerprint density at radius 2 is 2.00 bits per heavy atom. The molecule has 1 aliphatic rings. The Kier molecular flexibility index (Phi) is 3.11. The highest BCUT2D eigenvalue weighted by Crippen LogP contribution is 2.31. The van der Waals surface area contributed by atoms with Crippen LogP contribution in [-0.2, 0) is 13.0 Å². The van der Waals surface area contributed by atoms with Gasteiger partial charge >= 0.3 is 0 Å². The minimum Gasteiger partial charge on any atom is -0.397 e. The van der Waals surface area contributed by atoms with Crippen LogP contribution in [-0.4, -0.2) is 20.5 Å². The number of anilines is 1. The Hall–Kier alpha value is -2.76. The molecule has 23 heavy (non-hydrogen) atoms. The van der Waals surface area contributed by atoms with Gasteiger partial charge in [0.2, 0.25) is 0 Å². The van der Waals surface area contributed by atoms with Gasteiger partial charge in [0, 0.05) is 6.42 Å². The Morgan fingerprint density at radius 1 is 1.22 bits per heavy atom. The van der Waals surface area contributed by atoms with E-state index in [1.54, 1.807) is 23.0 Å². The van der Waals surface area contributed by atoms with E-state index in [4.69, 9.17) is 5.73 Å². The maximum absolute atomic E-state index is 13.0. The van der Waals surface area contributed by atoms with E-state index in [2.05, 4.69) is 10.1 Å². The number of nitrogens with two attached hydrogens (primary N) is 1. The minimum atomic E-state index is -0.269. The van der Waals surface area contributed by atoms with Gasteiger partial charge in [-0.2, -0.15) is 5.10 Å². The van der Waals surface area contributed by atoms with Gasteiger partial charge in [-0.3, -0.25) is 4.79 Å². The first-order valence-electron chi connectivity index (χ1n) is 7.55. The summed E-state index contributed by atoms with van der Waals surface area (Å²) in [7, 11) is 0. The predicted molar refractivity (Wildman–Crippen MR) is 84.7 cm³/mol. The van der Waals surface area contributed by atoms with Gasteiger partial charge in [0.25, 0.3) is 0 Å². The van der Waals surface area contributed by atoms with Crippen LogP contribution in [0.5, 0.6) is 0 Å². The number of carbonyl (C=O) groups excluding carboxylic acids is 1. The second kappa shape index (κ2) is 5.15. The summed E-state index contributed by atoms with van der Waals surface area (Å²) in [5.41, 5.74) is 9.57. The van der Waals surface area contributed by atoms with Crippen LogP contribution in [0, 0.1) is 5.82 Å². The van der Waals surface area contributed by atoms with E-state index >= 15 is 0 Å². The molecule has 2 heterocycles. The molecule has 4 rings (SSSR count). The largest absolute Gasteiger partial charge is 0.397 e. The lowest BCUT2D eigenvalue weighted by Crippen LogP contribution is -2.16. The lowest BCUT2D eigenvalue weighted by molar-refractivity contribution is 0.0972. The first kappa shape index (κ1) is 13.9. The summed E-state index contributed by atoms with van der Waals surface area (Å²) in [5.74, 6) is -0.210. The van der Waals surface area contributed by atoms with Crippen molar-refractivity contribution in [1.29, 1.82) is 0 Å². The van der Waals surface area contributed by atoms with E-state index in [1.165, 1.54) is 12.1 Å². The highest BCUT2D eigenvalue weighted by molar-refractivity contribution is 6.08. The van der Waals surface area contributed by atoms with Crippen molar-refractivity contribution in [1.82, 2.24) is 14.8 Å². The Labute approximate surface area is 131 Å². The second-order valence-corrected chi connectivity index (χ2v) is 5.79. The van der Waals surface area contributed by atoms with Crippen molar-refractivity contribution in [3.8, 4) is 0 Å². The van der Waals surface area contributed by atoms with Crippen molar-refractivity contribution in [3.05, 3.63) is 53.1 Å². The maximum Gasteiger partial charge on any atom is 0.166 e. The minimum absolute atomic E-state index is 0.0597. The number of fused-ring (bicyclic) bond motifs is 2. The number of aryl methyl sites for hydroxylation is 1. The van der Waals surface area contributed by atoms with Gasteiger partial charge in [-0.05, 0) is 30.5 Å². The van der Waals surface area contributed by atoms with Gasteiger partial charge in [-0.1, -0.05) is 12.1 Å². The molecule has 0 aliphatic heterocycles. The summed E-state index contributed by atoms with van der Waals surface area (Å²) in [6.07, 6.45) is 3.72. The molecule has 0 spiro atoms. The van der Waals surface area contributed by atoms with Gasteiger partial charge < -0.3 is 5.73 Å². The lowest BCUT2D eigenvalue weighted by Gasteiger charge is -2.16. The van der Waals surface area contributed by atoms with Gasteiger partial charge in [0.05, 0.1) is 35.1 Å². The third kappa shape index (κ3) is 2.27. The quantitative estimate of drug-likeness (QED) is 0.790. The molecule has 0 atom stereocenters. The first-order chi connectivity index (χ1) is 11.1. The summed E-state index contributed by atoms with van der Waals surface area (Å²) in [4.78, 5) is 16.7. The fourth-order valence-electron chi connectivity index (χ4n) is 3.07. The van der Waals surface area contributed by atoms with Crippen molar-refractivity contribution in [2.24, 2.45) is 0 Å². The summed E-state index contributed by atoms with van der Waals surface area (Å²) >= 11 is 0. The molecule has 0 fully saturated rings. The summed E-state index contributed by atoms with van der Waals surface area (Å²) < 4.78 is 14.7. The fraction of sp³-hybridized carbons (Fsp3) is 0.235. The van der Waals surface area contributed by atoms with Crippen LogP contribution >= 0.6 is 0 Å². The molecule has 0 unspecified atom stereocenters. The molecule has 3 aromatic rings. The van der Waals surface area contributed by atoms with E-state index in [0.29, 0.717) is 35.2 Å². The van der Waals surface area contributed by atoms with Gasteiger partial charge in [0.15, 0.2) is 11.4 Å². The molecule has 0 saturated carbocycles. The molecule has 116 valence electrons. The average Bonchev–Trinajstić information content (AvgIpc) is 2.93. The van der Waals surface area contributed by atoms with Crippen molar-refractivity contribution < 1.29 is 9.18 Å². The summed E-state index contributed by atoms with van der Waals surface area (Å²) in [6.45, 7) is 0.475. The topological polar surface area (TPSA) is 73.8 Å². The van der Waals surface area contributed by atoms with E-state index in [0.717, 1.165) is 24.1 Å². The van der Waals surface area contributed by atoms with Crippen LogP contribution in [0.25, 0.3) is 11.0 Å². The van der Waals surface area contributed by atoms with Crippen LogP contribution in [0.3, 0.4) is 0 Å². The molecule has 6 heteroatoms. The molecular weight excluding hydrogens is 295 g/mol. The number of ketones is 1. The van der Waals surface area contributed by atoms with Crippen molar-refractivity contribution in [3.63, 3.8) is 0 Å². The number of Topliss-reactive ketones (excluding diaryl/α,β-unsaturated/α-hetero) is 1. The highest BCUT2D eigenvalue weighted by Gasteiger charge is 2.24. The Morgan fingerprint density at radius 3 is 2.78 bits per heavy atom. The number of nitrogens with zero attached hydrogens (tertiary/aromatic N) is 3. The lowest BCUT2D eigenvalue weighted by atomic mass is 9.93. The predicted octanol–water partition coefficient (Wildman–Crippen LogP) is 2.72.